The second kappa shape index (κ2) is 14.8. The lowest BCUT2D eigenvalue weighted by molar-refractivity contribution is -0.122. The molecule has 1 amide bonds. The van der Waals surface area contributed by atoms with E-state index in [-0.39, 0.29) is 40.9 Å². The van der Waals surface area contributed by atoms with Crippen molar-refractivity contribution in [3.8, 4) is 5.75 Å². The number of halogens is 3. The number of hydrogen-bond donors (Lipinski definition) is 4. The van der Waals surface area contributed by atoms with Gasteiger partial charge in [-0.25, -0.2) is 12.8 Å². The highest BCUT2D eigenvalue weighted by Gasteiger charge is 2.17. The molecule has 13 heteroatoms. The summed E-state index contributed by atoms with van der Waals surface area (Å²) < 4.78 is 44.5. The van der Waals surface area contributed by atoms with E-state index < -0.39 is 21.6 Å². The highest BCUT2D eigenvalue weighted by atomic mass is 79.9. The van der Waals surface area contributed by atoms with Crippen molar-refractivity contribution in [2.45, 2.75) is 18.0 Å². The number of anilines is 1. The third-order valence-electron chi connectivity index (χ3n) is 4.91. The lowest BCUT2D eigenvalue weighted by Crippen LogP contribution is -2.18. The van der Waals surface area contributed by atoms with Gasteiger partial charge < -0.3 is 25.6 Å². The molecule has 38 heavy (non-hydrogen) atoms. The Morgan fingerprint density at radius 3 is 2.50 bits per heavy atom. The van der Waals surface area contributed by atoms with Gasteiger partial charge in [-0.2, -0.15) is 0 Å². The molecular weight excluding hydrogens is 607 g/mol. The SMILES string of the molecule is CS(=O)(=O)c1ccc(C(=O)Nc2cc(COc3ccc(Br)cc3CNCCO)ccc2F)c(Cl)c1.O=CO. The summed E-state index contributed by atoms with van der Waals surface area (Å²) in [6, 6.07) is 13.5. The number of rotatable bonds is 10. The number of aliphatic hydroxyl groups is 1. The van der Waals surface area contributed by atoms with Gasteiger partial charge >= 0.3 is 0 Å². The van der Waals surface area contributed by atoms with Crippen molar-refractivity contribution in [1.82, 2.24) is 5.32 Å². The first-order valence-corrected chi connectivity index (χ1v) is 14.0. The summed E-state index contributed by atoms with van der Waals surface area (Å²) in [5.41, 5.74) is 1.42. The van der Waals surface area contributed by atoms with Crippen LogP contribution in [0, 0.1) is 5.82 Å². The molecule has 0 bridgehead atoms. The molecule has 0 radical (unpaired) electrons. The van der Waals surface area contributed by atoms with E-state index in [9.17, 15) is 17.6 Å². The Kier molecular flexibility index (Phi) is 12.1. The second-order valence-corrected chi connectivity index (χ2v) is 11.1. The van der Waals surface area contributed by atoms with Crippen molar-refractivity contribution in [2.24, 2.45) is 0 Å². The van der Waals surface area contributed by atoms with Gasteiger partial charge in [0.2, 0.25) is 0 Å². The minimum absolute atomic E-state index is 0.00926. The molecule has 0 saturated heterocycles. The summed E-state index contributed by atoms with van der Waals surface area (Å²) >= 11 is 9.52. The molecule has 0 aromatic heterocycles. The number of aliphatic hydroxyl groups excluding tert-OH is 1. The van der Waals surface area contributed by atoms with E-state index in [1.54, 1.807) is 12.1 Å². The Balaban J connectivity index is 0.00000161. The predicted molar refractivity (Wildman–Crippen MR) is 145 cm³/mol. The summed E-state index contributed by atoms with van der Waals surface area (Å²) in [7, 11) is -3.49. The standard InChI is InChI=1S/C24H23BrClFN2O5S.CH2O2/c1-35(32,33)18-4-5-19(20(26)12-18)24(31)29-22-10-15(2-6-21(22)27)14-34-23-7-3-17(25)11-16(23)13-28-8-9-30;2-1-3/h2-7,10-12,28,30H,8-9,13-14H2,1H3,(H,29,31);1H,(H,2,3). The molecule has 0 fully saturated rings. The molecule has 0 saturated carbocycles. The quantitative estimate of drug-likeness (QED) is 0.192. The number of carbonyl (C=O) groups is 2. The fourth-order valence-electron chi connectivity index (χ4n) is 3.15. The molecule has 3 rings (SSSR count). The summed E-state index contributed by atoms with van der Waals surface area (Å²) in [6.07, 6.45) is 1.03. The minimum atomic E-state index is -3.49. The Hall–Kier alpha value is -3.03. The monoisotopic (exact) mass is 630 g/mol. The molecule has 3 aromatic rings. The molecule has 204 valence electrons. The normalized spacial score (nSPS) is 10.8. The van der Waals surface area contributed by atoms with E-state index in [0.29, 0.717) is 24.4 Å². The second-order valence-electron chi connectivity index (χ2n) is 7.73. The number of carbonyl (C=O) groups excluding carboxylic acids is 1. The lowest BCUT2D eigenvalue weighted by Gasteiger charge is -2.14. The van der Waals surface area contributed by atoms with Crippen LogP contribution in [0.1, 0.15) is 21.5 Å². The van der Waals surface area contributed by atoms with E-state index >= 15 is 0 Å². The molecule has 0 aliphatic heterocycles. The van der Waals surface area contributed by atoms with Crippen LogP contribution in [0.25, 0.3) is 0 Å². The van der Waals surface area contributed by atoms with Crippen molar-refractivity contribution < 1.29 is 37.3 Å². The van der Waals surface area contributed by atoms with Crippen molar-refractivity contribution in [3.05, 3.63) is 86.6 Å². The molecule has 0 aliphatic carbocycles. The zero-order valence-electron chi connectivity index (χ0n) is 20.1. The predicted octanol–water partition coefficient (Wildman–Crippen LogP) is 4.26. The molecule has 3 aromatic carbocycles. The molecule has 0 atom stereocenters. The van der Waals surface area contributed by atoms with E-state index in [1.807, 2.05) is 12.1 Å². The summed E-state index contributed by atoms with van der Waals surface area (Å²) in [4.78, 5) is 21.0. The third-order valence-corrected chi connectivity index (χ3v) is 6.83. The molecule has 0 unspecified atom stereocenters. The number of amides is 1. The molecule has 0 aliphatic rings. The van der Waals surface area contributed by atoms with Gasteiger partial charge in [0.1, 0.15) is 18.2 Å². The van der Waals surface area contributed by atoms with Gasteiger partial charge in [-0.15, -0.1) is 0 Å². The summed E-state index contributed by atoms with van der Waals surface area (Å²) in [5, 5.41) is 21.4. The first-order valence-electron chi connectivity index (χ1n) is 10.9. The number of nitrogens with one attached hydrogen (secondary N) is 2. The van der Waals surface area contributed by atoms with Gasteiger partial charge in [0, 0.05) is 29.4 Å². The van der Waals surface area contributed by atoms with Crippen molar-refractivity contribution >= 4 is 55.4 Å². The molecule has 0 heterocycles. The maximum absolute atomic E-state index is 14.4. The zero-order valence-corrected chi connectivity index (χ0v) is 23.2. The molecular formula is C25H25BrClFN2O7S. The van der Waals surface area contributed by atoms with Crippen LogP contribution in [-0.2, 0) is 27.8 Å². The third kappa shape index (κ3) is 9.37. The van der Waals surface area contributed by atoms with Crippen molar-refractivity contribution in [1.29, 1.82) is 0 Å². The van der Waals surface area contributed by atoms with Crippen LogP contribution in [0.5, 0.6) is 5.75 Å². The largest absolute Gasteiger partial charge is 0.489 e. The Morgan fingerprint density at radius 1 is 1.16 bits per heavy atom. The molecule has 0 spiro atoms. The van der Waals surface area contributed by atoms with Crippen LogP contribution in [0.2, 0.25) is 5.02 Å². The van der Waals surface area contributed by atoms with Crippen LogP contribution in [0.15, 0.2) is 64.0 Å². The van der Waals surface area contributed by atoms with Crippen LogP contribution in [0.3, 0.4) is 0 Å². The highest BCUT2D eigenvalue weighted by Crippen LogP contribution is 2.26. The highest BCUT2D eigenvalue weighted by molar-refractivity contribution is 9.10. The Morgan fingerprint density at radius 2 is 1.87 bits per heavy atom. The zero-order chi connectivity index (χ0) is 28.3. The van der Waals surface area contributed by atoms with E-state index in [4.69, 9.17) is 31.3 Å². The van der Waals surface area contributed by atoms with Gasteiger partial charge in [0.25, 0.3) is 12.4 Å². The van der Waals surface area contributed by atoms with Gasteiger partial charge in [0.05, 0.1) is 27.8 Å². The average molecular weight is 632 g/mol. The number of hydrogen-bond acceptors (Lipinski definition) is 7. The first-order chi connectivity index (χ1) is 18.0. The summed E-state index contributed by atoms with van der Waals surface area (Å²) in [5.74, 6) is -0.716. The molecule has 4 N–H and O–H groups in total. The van der Waals surface area contributed by atoms with Crippen molar-refractivity contribution in [3.63, 3.8) is 0 Å². The number of benzene rings is 3. The van der Waals surface area contributed by atoms with Crippen LogP contribution in [0.4, 0.5) is 10.1 Å². The fourth-order valence-corrected chi connectivity index (χ4v) is 4.54. The van der Waals surface area contributed by atoms with Gasteiger partial charge in [-0.3, -0.25) is 9.59 Å². The number of sulfone groups is 1. The maximum Gasteiger partial charge on any atom is 0.290 e. The lowest BCUT2D eigenvalue weighted by atomic mass is 10.1. The number of ether oxygens (including phenoxy) is 1. The Bertz CT molecular complexity index is 1390. The van der Waals surface area contributed by atoms with E-state index in [2.05, 4.69) is 26.6 Å². The van der Waals surface area contributed by atoms with Crippen LogP contribution in [-0.4, -0.2) is 50.4 Å². The van der Waals surface area contributed by atoms with Gasteiger partial charge in [0.15, 0.2) is 9.84 Å². The van der Waals surface area contributed by atoms with E-state index in [0.717, 1.165) is 16.3 Å². The smallest absolute Gasteiger partial charge is 0.290 e. The number of carboxylic acid groups (broad SMARTS) is 1. The van der Waals surface area contributed by atoms with Gasteiger partial charge in [-0.1, -0.05) is 33.6 Å². The van der Waals surface area contributed by atoms with Crippen LogP contribution < -0.4 is 15.4 Å². The average Bonchev–Trinajstić information content (AvgIpc) is 2.85. The fraction of sp³-hybridized carbons (Fsp3) is 0.200. The molecule has 9 nitrogen and oxygen atoms in total. The minimum Gasteiger partial charge on any atom is -0.489 e. The topological polar surface area (TPSA) is 142 Å². The summed E-state index contributed by atoms with van der Waals surface area (Å²) in [6.45, 7) is 0.801. The first kappa shape index (κ1) is 31.2. The van der Waals surface area contributed by atoms with E-state index in [1.165, 1.54) is 30.3 Å². The Labute approximate surface area is 232 Å². The van der Waals surface area contributed by atoms with Crippen molar-refractivity contribution in [2.75, 3.05) is 24.7 Å². The van der Waals surface area contributed by atoms with Gasteiger partial charge in [-0.05, 0) is 54.1 Å². The maximum atomic E-state index is 14.4. The van der Waals surface area contributed by atoms with Crippen LogP contribution >= 0.6 is 27.5 Å².